The van der Waals surface area contributed by atoms with E-state index in [0.717, 1.165) is 18.6 Å². The first-order chi connectivity index (χ1) is 9.74. The molecule has 0 spiro atoms. The van der Waals surface area contributed by atoms with Crippen LogP contribution in [0.1, 0.15) is 37.3 Å². The molecule has 1 unspecified atom stereocenters. The molecule has 0 aromatic heterocycles. The molecular weight excluding hydrogens is 281 g/mol. The number of carbonyl (C=O) groups excluding carboxylic acids is 1. The lowest BCUT2D eigenvalue weighted by molar-refractivity contribution is -0.137. The molecule has 1 aromatic carbocycles. The molecule has 3 N–H and O–H groups in total. The van der Waals surface area contributed by atoms with Crippen molar-refractivity contribution in [2.45, 2.75) is 39.3 Å². The van der Waals surface area contributed by atoms with Gasteiger partial charge in [0.2, 0.25) is 5.91 Å². The molecule has 0 radical (unpaired) electrons. The molecule has 0 saturated carbocycles. The van der Waals surface area contributed by atoms with Crippen molar-refractivity contribution in [1.29, 1.82) is 0 Å². The fourth-order valence-corrected chi connectivity index (χ4v) is 1.95. The average molecular weight is 302 g/mol. The second-order valence-corrected chi connectivity index (χ2v) is 5.30. The Morgan fingerprint density at radius 2 is 2.00 bits per heavy atom. The number of nitrogens with two attached hydrogens (primary N) is 1. The Morgan fingerprint density at radius 3 is 2.57 bits per heavy atom. The van der Waals surface area contributed by atoms with Gasteiger partial charge in [-0.05, 0) is 49.9 Å². The highest BCUT2D eigenvalue weighted by Gasteiger charge is 2.30. The van der Waals surface area contributed by atoms with Crippen LogP contribution in [0.2, 0.25) is 0 Å². The first-order valence-electron chi connectivity index (χ1n) is 6.91. The highest BCUT2D eigenvalue weighted by atomic mass is 19.4. The number of anilines is 1. The van der Waals surface area contributed by atoms with Crippen molar-refractivity contribution in [3.63, 3.8) is 0 Å². The minimum Gasteiger partial charge on any atom is -0.330 e. The van der Waals surface area contributed by atoms with Gasteiger partial charge in [-0.1, -0.05) is 13.0 Å². The van der Waals surface area contributed by atoms with Gasteiger partial charge in [-0.15, -0.1) is 0 Å². The predicted octanol–water partition coefficient (Wildman–Crippen LogP) is 3.72. The highest BCUT2D eigenvalue weighted by molar-refractivity contribution is 5.91. The Labute approximate surface area is 122 Å². The van der Waals surface area contributed by atoms with Gasteiger partial charge in [0.25, 0.3) is 0 Å². The summed E-state index contributed by atoms with van der Waals surface area (Å²) in [6.45, 7) is 4.22. The standard InChI is InChI=1S/C15H21F3N2O/c1-10(7-8-19)3-6-14(21)20-13-9-12(15(16,17)18)5-4-11(13)2/h4-5,9-10H,3,6-8,19H2,1-2H3,(H,20,21). The van der Waals surface area contributed by atoms with Crippen LogP contribution >= 0.6 is 0 Å². The number of nitrogens with one attached hydrogen (secondary N) is 1. The van der Waals surface area contributed by atoms with E-state index in [1.807, 2.05) is 6.92 Å². The average Bonchev–Trinajstić information content (AvgIpc) is 2.38. The van der Waals surface area contributed by atoms with Crippen molar-refractivity contribution in [1.82, 2.24) is 0 Å². The summed E-state index contributed by atoms with van der Waals surface area (Å²) in [5.74, 6) is 0.0460. The Hall–Kier alpha value is -1.56. The lowest BCUT2D eigenvalue weighted by Crippen LogP contribution is -2.15. The first-order valence-corrected chi connectivity index (χ1v) is 6.91. The molecule has 0 aliphatic heterocycles. The van der Waals surface area contributed by atoms with Gasteiger partial charge >= 0.3 is 6.18 Å². The Kier molecular flexibility index (Phi) is 6.20. The lowest BCUT2D eigenvalue weighted by atomic mass is 10.0. The van der Waals surface area contributed by atoms with Gasteiger partial charge in [-0.3, -0.25) is 4.79 Å². The molecule has 0 fully saturated rings. The quantitative estimate of drug-likeness (QED) is 0.841. The van der Waals surface area contributed by atoms with E-state index < -0.39 is 11.7 Å². The maximum atomic E-state index is 12.7. The van der Waals surface area contributed by atoms with Crippen LogP contribution in [-0.2, 0) is 11.0 Å². The zero-order valence-corrected chi connectivity index (χ0v) is 12.3. The summed E-state index contributed by atoms with van der Waals surface area (Å²) in [4.78, 5) is 11.8. The van der Waals surface area contributed by atoms with E-state index in [1.165, 1.54) is 6.07 Å². The van der Waals surface area contributed by atoms with Gasteiger partial charge in [0, 0.05) is 12.1 Å². The smallest absolute Gasteiger partial charge is 0.330 e. The van der Waals surface area contributed by atoms with E-state index in [1.54, 1.807) is 6.92 Å². The van der Waals surface area contributed by atoms with Crippen LogP contribution in [0.15, 0.2) is 18.2 Å². The molecule has 0 saturated heterocycles. The Morgan fingerprint density at radius 1 is 1.33 bits per heavy atom. The molecule has 1 rings (SSSR count). The largest absolute Gasteiger partial charge is 0.416 e. The highest BCUT2D eigenvalue weighted by Crippen LogP contribution is 2.32. The summed E-state index contributed by atoms with van der Waals surface area (Å²) in [5.41, 5.74) is 5.48. The molecule has 21 heavy (non-hydrogen) atoms. The molecule has 1 amide bonds. The Balaban J connectivity index is 2.67. The number of amides is 1. The predicted molar refractivity (Wildman–Crippen MR) is 76.9 cm³/mol. The molecule has 3 nitrogen and oxygen atoms in total. The number of hydrogen-bond donors (Lipinski definition) is 2. The van der Waals surface area contributed by atoms with Crippen LogP contribution in [0.25, 0.3) is 0 Å². The van der Waals surface area contributed by atoms with Crippen molar-refractivity contribution in [2.75, 3.05) is 11.9 Å². The van der Waals surface area contributed by atoms with Crippen molar-refractivity contribution in [3.8, 4) is 0 Å². The zero-order chi connectivity index (χ0) is 16.0. The molecule has 1 atom stereocenters. The third-order valence-corrected chi connectivity index (χ3v) is 3.36. The fourth-order valence-electron chi connectivity index (χ4n) is 1.95. The summed E-state index contributed by atoms with van der Waals surface area (Å²) in [7, 11) is 0. The zero-order valence-electron chi connectivity index (χ0n) is 12.3. The van der Waals surface area contributed by atoms with E-state index in [-0.39, 0.29) is 18.0 Å². The number of rotatable bonds is 6. The van der Waals surface area contributed by atoms with Gasteiger partial charge in [0.1, 0.15) is 0 Å². The van der Waals surface area contributed by atoms with Crippen LogP contribution in [-0.4, -0.2) is 12.5 Å². The molecule has 0 aliphatic carbocycles. The van der Waals surface area contributed by atoms with E-state index >= 15 is 0 Å². The van der Waals surface area contributed by atoms with Crippen molar-refractivity contribution < 1.29 is 18.0 Å². The van der Waals surface area contributed by atoms with Gasteiger partial charge in [0.05, 0.1) is 5.56 Å². The molecule has 0 heterocycles. The Bertz CT molecular complexity index is 486. The van der Waals surface area contributed by atoms with Crippen LogP contribution in [0, 0.1) is 12.8 Å². The molecular formula is C15H21F3N2O. The van der Waals surface area contributed by atoms with Crippen molar-refractivity contribution in [3.05, 3.63) is 29.3 Å². The number of aryl methyl sites for hydroxylation is 1. The maximum Gasteiger partial charge on any atom is 0.416 e. The number of halogens is 3. The van der Waals surface area contributed by atoms with Gasteiger partial charge < -0.3 is 11.1 Å². The fraction of sp³-hybridized carbons (Fsp3) is 0.533. The van der Waals surface area contributed by atoms with E-state index in [4.69, 9.17) is 5.73 Å². The topological polar surface area (TPSA) is 55.1 Å². The molecule has 6 heteroatoms. The molecule has 0 bridgehead atoms. The number of hydrogen-bond acceptors (Lipinski definition) is 2. The second-order valence-electron chi connectivity index (χ2n) is 5.30. The third-order valence-electron chi connectivity index (χ3n) is 3.36. The van der Waals surface area contributed by atoms with Crippen LogP contribution in [0.3, 0.4) is 0 Å². The SMILES string of the molecule is Cc1ccc(C(F)(F)F)cc1NC(=O)CCC(C)CCN. The van der Waals surface area contributed by atoms with Crippen LogP contribution in [0.5, 0.6) is 0 Å². The molecule has 1 aromatic rings. The summed E-state index contributed by atoms with van der Waals surface area (Å²) < 4.78 is 38.0. The second kappa shape index (κ2) is 7.45. The minimum atomic E-state index is -4.41. The van der Waals surface area contributed by atoms with Crippen LogP contribution in [0.4, 0.5) is 18.9 Å². The van der Waals surface area contributed by atoms with Crippen molar-refractivity contribution in [2.24, 2.45) is 11.7 Å². The summed E-state index contributed by atoms with van der Waals surface area (Å²) >= 11 is 0. The van der Waals surface area contributed by atoms with Crippen molar-refractivity contribution >= 4 is 11.6 Å². The summed E-state index contributed by atoms with van der Waals surface area (Å²) in [6.07, 6.45) is -2.64. The summed E-state index contributed by atoms with van der Waals surface area (Å²) in [6, 6.07) is 3.33. The minimum absolute atomic E-state index is 0.210. The van der Waals surface area contributed by atoms with E-state index in [9.17, 15) is 18.0 Å². The monoisotopic (exact) mass is 302 g/mol. The number of alkyl halides is 3. The first kappa shape index (κ1) is 17.5. The molecule has 118 valence electrons. The van der Waals surface area contributed by atoms with E-state index in [2.05, 4.69) is 5.32 Å². The van der Waals surface area contributed by atoms with E-state index in [0.29, 0.717) is 24.4 Å². The number of benzene rings is 1. The van der Waals surface area contributed by atoms with Gasteiger partial charge in [-0.25, -0.2) is 0 Å². The van der Waals surface area contributed by atoms with Gasteiger partial charge in [0.15, 0.2) is 0 Å². The van der Waals surface area contributed by atoms with Gasteiger partial charge in [-0.2, -0.15) is 13.2 Å². The lowest BCUT2D eigenvalue weighted by Gasteiger charge is -2.13. The maximum absolute atomic E-state index is 12.7. The third kappa shape index (κ3) is 5.75. The normalized spacial score (nSPS) is 13.0. The number of carbonyl (C=O) groups is 1. The summed E-state index contributed by atoms with van der Waals surface area (Å²) in [5, 5.41) is 2.55. The van der Waals surface area contributed by atoms with Crippen LogP contribution < -0.4 is 11.1 Å². The molecule has 0 aliphatic rings.